The number of amides is 2. The van der Waals surface area contributed by atoms with Crippen molar-refractivity contribution in [3.63, 3.8) is 0 Å². The standard InChI is InChI=1S/C14H16N4O2/c1-3-15-13(19)10-4-5-12(9(2)6-10)18-14(20)11-7-16-17-8-11/h4-8H,3H2,1-2H3,(H,15,19)(H,16,17)(H,18,20). The third-order valence-electron chi connectivity index (χ3n) is 2.83. The van der Waals surface area contributed by atoms with Crippen molar-refractivity contribution >= 4 is 17.5 Å². The average Bonchev–Trinajstić information content (AvgIpc) is 2.95. The summed E-state index contributed by atoms with van der Waals surface area (Å²) < 4.78 is 0. The smallest absolute Gasteiger partial charge is 0.258 e. The number of nitrogens with one attached hydrogen (secondary N) is 3. The van der Waals surface area contributed by atoms with E-state index in [4.69, 9.17) is 0 Å². The molecule has 2 amide bonds. The van der Waals surface area contributed by atoms with Crippen molar-refractivity contribution in [2.45, 2.75) is 13.8 Å². The zero-order valence-corrected chi connectivity index (χ0v) is 11.4. The SMILES string of the molecule is CCNC(=O)c1ccc(NC(=O)c2cn[nH]c2)c(C)c1. The fourth-order valence-corrected chi connectivity index (χ4v) is 1.78. The van der Waals surface area contributed by atoms with E-state index >= 15 is 0 Å². The van der Waals surface area contributed by atoms with E-state index in [1.807, 2.05) is 13.8 Å². The molecule has 104 valence electrons. The zero-order chi connectivity index (χ0) is 14.5. The van der Waals surface area contributed by atoms with Gasteiger partial charge in [-0.2, -0.15) is 5.10 Å². The Labute approximate surface area is 116 Å². The summed E-state index contributed by atoms with van der Waals surface area (Å²) in [5.74, 6) is -0.365. The van der Waals surface area contributed by atoms with Crippen LogP contribution in [0.4, 0.5) is 5.69 Å². The summed E-state index contributed by atoms with van der Waals surface area (Å²) in [4.78, 5) is 23.6. The van der Waals surface area contributed by atoms with Crippen LogP contribution in [0.25, 0.3) is 0 Å². The number of H-pyrrole nitrogens is 1. The molecule has 1 heterocycles. The molecule has 3 N–H and O–H groups in total. The second kappa shape index (κ2) is 6.01. The summed E-state index contributed by atoms with van der Waals surface area (Å²) in [6.45, 7) is 4.29. The van der Waals surface area contributed by atoms with Crippen LogP contribution in [-0.2, 0) is 0 Å². The molecule has 1 aromatic carbocycles. The molecular formula is C14H16N4O2. The van der Waals surface area contributed by atoms with Crippen LogP contribution in [0.1, 0.15) is 33.2 Å². The molecule has 0 bridgehead atoms. The largest absolute Gasteiger partial charge is 0.352 e. The van der Waals surface area contributed by atoms with Gasteiger partial charge in [-0.1, -0.05) is 0 Å². The first kappa shape index (κ1) is 13.8. The highest BCUT2D eigenvalue weighted by Crippen LogP contribution is 2.17. The highest BCUT2D eigenvalue weighted by molar-refractivity contribution is 6.04. The lowest BCUT2D eigenvalue weighted by Crippen LogP contribution is -2.22. The van der Waals surface area contributed by atoms with Crippen molar-refractivity contribution in [1.82, 2.24) is 15.5 Å². The van der Waals surface area contributed by atoms with Crippen molar-refractivity contribution in [2.75, 3.05) is 11.9 Å². The Bertz CT molecular complexity index is 620. The Hall–Kier alpha value is -2.63. The number of carbonyl (C=O) groups is 2. The lowest BCUT2D eigenvalue weighted by atomic mass is 10.1. The Balaban J connectivity index is 2.14. The fourth-order valence-electron chi connectivity index (χ4n) is 1.78. The van der Waals surface area contributed by atoms with E-state index in [1.54, 1.807) is 18.2 Å². The first-order chi connectivity index (χ1) is 9.61. The third-order valence-corrected chi connectivity index (χ3v) is 2.83. The van der Waals surface area contributed by atoms with E-state index < -0.39 is 0 Å². The van der Waals surface area contributed by atoms with E-state index in [0.29, 0.717) is 23.4 Å². The van der Waals surface area contributed by atoms with Gasteiger partial charge < -0.3 is 10.6 Å². The van der Waals surface area contributed by atoms with Gasteiger partial charge in [0.2, 0.25) is 0 Å². The molecule has 0 saturated heterocycles. The fraction of sp³-hybridized carbons (Fsp3) is 0.214. The molecule has 0 aliphatic carbocycles. The Kier molecular flexibility index (Phi) is 4.14. The van der Waals surface area contributed by atoms with Crippen molar-refractivity contribution in [1.29, 1.82) is 0 Å². The van der Waals surface area contributed by atoms with Gasteiger partial charge in [0.05, 0.1) is 11.8 Å². The van der Waals surface area contributed by atoms with Crippen molar-refractivity contribution < 1.29 is 9.59 Å². The highest BCUT2D eigenvalue weighted by atomic mass is 16.2. The van der Waals surface area contributed by atoms with Crippen molar-refractivity contribution in [2.24, 2.45) is 0 Å². The van der Waals surface area contributed by atoms with Crippen LogP contribution >= 0.6 is 0 Å². The number of benzene rings is 1. The Morgan fingerprint density at radius 1 is 1.25 bits per heavy atom. The molecule has 0 aliphatic rings. The van der Waals surface area contributed by atoms with E-state index in [9.17, 15) is 9.59 Å². The van der Waals surface area contributed by atoms with Crippen LogP contribution in [0.15, 0.2) is 30.6 Å². The van der Waals surface area contributed by atoms with E-state index in [0.717, 1.165) is 5.56 Å². The number of aryl methyl sites for hydroxylation is 1. The monoisotopic (exact) mass is 272 g/mol. The maximum atomic E-state index is 11.9. The second-order valence-electron chi connectivity index (χ2n) is 4.33. The average molecular weight is 272 g/mol. The van der Waals surface area contributed by atoms with Gasteiger partial charge in [0.15, 0.2) is 0 Å². The number of aromatic amines is 1. The van der Waals surface area contributed by atoms with Gasteiger partial charge in [-0.3, -0.25) is 14.7 Å². The van der Waals surface area contributed by atoms with E-state index in [1.165, 1.54) is 12.4 Å². The predicted octanol–water partition coefficient (Wildman–Crippen LogP) is 1.72. The summed E-state index contributed by atoms with van der Waals surface area (Å²) in [6.07, 6.45) is 2.97. The molecule has 0 spiro atoms. The van der Waals surface area contributed by atoms with Crippen LogP contribution < -0.4 is 10.6 Å². The molecule has 1 aromatic heterocycles. The normalized spacial score (nSPS) is 10.1. The van der Waals surface area contributed by atoms with Crippen LogP contribution in [0.2, 0.25) is 0 Å². The molecule has 2 aromatic rings. The van der Waals surface area contributed by atoms with E-state index in [-0.39, 0.29) is 11.8 Å². The number of carbonyl (C=O) groups excluding carboxylic acids is 2. The van der Waals surface area contributed by atoms with Gasteiger partial charge in [0.1, 0.15) is 0 Å². The molecule has 0 unspecified atom stereocenters. The van der Waals surface area contributed by atoms with Gasteiger partial charge in [-0.15, -0.1) is 0 Å². The molecule has 2 rings (SSSR count). The summed E-state index contributed by atoms with van der Waals surface area (Å²) in [6, 6.07) is 5.15. The van der Waals surface area contributed by atoms with Crippen LogP contribution in [0, 0.1) is 6.92 Å². The number of nitrogens with zero attached hydrogens (tertiary/aromatic N) is 1. The van der Waals surface area contributed by atoms with Gasteiger partial charge in [-0.05, 0) is 37.6 Å². The molecule has 0 aliphatic heterocycles. The summed E-state index contributed by atoms with van der Waals surface area (Å²) in [5, 5.41) is 11.8. The maximum absolute atomic E-state index is 11.9. The van der Waals surface area contributed by atoms with Gasteiger partial charge in [0, 0.05) is 24.0 Å². The molecular weight excluding hydrogens is 256 g/mol. The predicted molar refractivity (Wildman–Crippen MR) is 75.7 cm³/mol. The first-order valence-corrected chi connectivity index (χ1v) is 6.30. The maximum Gasteiger partial charge on any atom is 0.258 e. The lowest BCUT2D eigenvalue weighted by Gasteiger charge is -2.09. The lowest BCUT2D eigenvalue weighted by molar-refractivity contribution is 0.0955. The molecule has 0 fully saturated rings. The van der Waals surface area contributed by atoms with E-state index in [2.05, 4.69) is 20.8 Å². The summed E-state index contributed by atoms with van der Waals surface area (Å²) >= 11 is 0. The minimum atomic E-state index is -0.243. The number of aromatic nitrogens is 2. The summed E-state index contributed by atoms with van der Waals surface area (Å²) in [5.41, 5.74) is 2.53. The first-order valence-electron chi connectivity index (χ1n) is 6.30. The quantitative estimate of drug-likeness (QED) is 0.792. The molecule has 6 nitrogen and oxygen atoms in total. The molecule has 0 atom stereocenters. The molecule has 0 radical (unpaired) electrons. The summed E-state index contributed by atoms with van der Waals surface area (Å²) in [7, 11) is 0. The number of anilines is 1. The van der Waals surface area contributed by atoms with Crippen molar-refractivity contribution in [3.8, 4) is 0 Å². The van der Waals surface area contributed by atoms with Crippen molar-refractivity contribution in [3.05, 3.63) is 47.3 Å². The van der Waals surface area contributed by atoms with Gasteiger partial charge in [0.25, 0.3) is 11.8 Å². The zero-order valence-electron chi connectivity index (χ0n) is 11.4. The number of hydrogen-bond acceptors (Lipinski definition) is 3. The third kappa shape index (κ3) is 3.03. The minimum Gasteiger partial charge on any atom is -0.352 e. The van der Waals surface area contributed by atoms with Crippen LogP contribution in [0.5, 0.6) is 0 Å². The molecule has 0 saturated carbocycles. The highest BCUT2D eigenvalue weighted by Gasteiger charge is 2.10. The number of rotatable bonds is 4. The van der Waals surface area contributed by atoms with Crippen LogP contribution in [0.3, 0.4) is 0 Å². The van der Waals surface area contributed by atoms with Gasteiger partial charge in [-0.25, -0.2) is 0 Å². The topological polar surface area (TPSA) is 86.9 Å². The van der Waals surface area contributed by atoms with Crippen LogP contribution in [-0.4, -0.2) is 28.6 Å². The minimum absolute atomic E-state index is 0.122. The van der Waals surface area contributed by atoms with Gasteiger partial charge >= 0.3 is 0 Å². The number of hydrogen-bond donors (Lipinski definition) is 3. The Morgan fingerprint density at radius 2 is 2.05 bits per heavy atom. The molecule has 20 heavy (non-hydrogen) atoms. The second-order valence-corrected chi connectivity index (χ2v) is 4.33. The molecule has 6 heteroatoms. The Morgan fingerprint density at radius 3 is 2.65 bits per heavy atom.